The van der Waals surface area contributed by atoms with E-state index in [1.165, 1.54) is 23.5 Å². The topological polar surface area (TPSA) is 71.8 Å². The lowest BCUT2D eigenvalue weighted by atomic mass is 10.1. The molecular weight excluding hydrogens is 437 g/mol. The smallest absolute Gasteiger partial charge is 0.257 e. The fraction of sp³-hybridized carbons (Fsp3) is 0.0800. The second-order valence-electron chi connectivity index (χ2n) is 7.71. The molecule has 0 atom stereocenters. The van der Waals surface area contributed by atoms with Crippen LogP contribution < -0.4 is 10.6 Å². The number of thiophene rings is 1. The van der Waals surface area contributed by atoms with Crippen LogP contribution >= 0.6 is 11.3 Å². The minimum atomic E-state index is -0.378. The number of nitrogens with one attached hydrogen (secondary N) is 2. The second kappa shape index (κ2) is 8.48. The van der Waals surface area contributed by atoms with E-state index in [0.717, 1.165) is 27.1 Å². The van der Waals surface area contributed by atoms with Crippen molar-refractivity contribution >= 4 is 44.5 Å². The zero-order valence-corrected chi connectivity index (χ0v) is 18.8. The van der Waals surface area contributed by atoms with E-state index >= 15 is 0 Å². The Morgan fingerprint density at radius 1 is 1.06 bits per heavy atom. The normalized spacial score (nSPS) is 11.0. The van der Waals surface area contributed by atoms with E-state index in [9.17, 15) is 9.18 Å². The summed E-state index contributed by atoms with van der Waals surface area (Å²) in [5.74, 6) is -0.196. The number of aryl methyl sites for hydroxylation is 2. The highest BCUT2D eigenvalue weighted by Crippen LogP contribution is 2.32. The average Bonchev–Trinajstić information content (AvgIpc) is 3.42. The first-order valence-corrected chi connectivity index (χ1v) is 11.2. The molecule has 1 amide bonds. The molecule has 0 aliphatic heterocycles. The molecule has 3 heterocycles. The largest absolute Gasteiger partial charge is 0.338 e. The average molecular weight is 458 g/mol. The van der Waals surface area contributed by atoms with Crippen LogP contribution in [0.25, 0.3) is 21.2 Å². The molecule has 3 aromatic heterocycles. The second-order valence-corrected chi connectivity index (χ2v) is 8.62. The lowest BCUT2D eigenvalue weighted by molar-refractivity contribution is 0.102. The quantitative estimate of drug-likeness (QED) is 0.333. The number of hydrogen-bond donors (Lipinski definition) is 2. The fourth-order valence-corrected chi connectivity index (χ4v) is 4.52. The molecule has 2 N–H and O–H groups in total. The number of pyridine rings is 1. The summed E-state index contributed by atoms with van der Waals surface area (Å²) in [4.78, 5) is 17.8. The van der Waals surface area contributed by atoms with Gasteiger partial charge in [0, 0.05) is 51.7 Å². The van der Waals surface area contributed by atoms with E-state index < -0.39 is 0 Å². The molecule has 0 saturated carbocycles. The highest BCUT2D eigenvalue weighted by molar-refractivity contribution is 7.17. The van der Waals surface area contributed by atoms with Gasteiger partial charge in [0.2, 0.25) is 0 Å². The van der Waals surface area contributed by atoms with Crippen LogP contribution in [0.1, 0.15) is 15.9 Å². The molecule has 0 radical (unpaired) electrons. The molecule has 5 aromatic rings. The van der Waals surface area contributed by atoms with Gasteiger partial charge in [-0.25, -0.2) is 9.37 Å². The highest BCUT2D eigenvalue weighted by Gasteiger charge is 2.17. The number of hydrogen-bond acceptors (Lipinski definition) is 5. The van der Waals surface area contributed by atoms with Gasteiger partial charge in [0.25, 0.3) is 5.91 Å². The summed E-state index contributed by atoms with van der Waals surface area (Å²) >= 11 is 1.40. The van der Waals surface area contributed by atoms with Crippen molar-refractivity contribution in [1.29, 1.82) is 0 Å². The van der Waals surface area contributed by atoms with Gasteiger partial charge in [-0.15, -0.1) is 11.3 Å². The van der Waals surface area contributed by atoms with Crippen molar-refractivity contribution < 1.29 is 9.18 Å². The first-order valence-electron chi connectivity index (χ1n) is 10.3. The summed E-state index contributed by atoms with van der Waals surface area (Å²) in [7, 11) is 1.84. The minimum Gasteiger partial charge on any atom is -0.338 e. The summed E-state index contributed by atoms with van der Waals surface area (Å²) in [6.45, 7) is 2.00. The van der Waals surface area contributed by atoms with Gasteiger partial charge in [0.1, 0.15) is 5.82 Å². The van der Waals surface area contributed by atoms with Crippen LogP contribution in [0.15, 0.2) is 72.5 Å². The van der Waals surface area contributed by atoms with Gasteiger partial charge in [0.15, 0.2) is 5.82 Å². The number of halogens is 1. The number of anilines is 3. The fourth-order valence-electron chi connectivity index (χ4n) is 3.60. The lowest BCUT2D eigenvalue weighted by Gasteiger charge is -2.15. The summed E-state index contributed by atoms with van der Waals surface area (Å²) in [5, 5.41) is 12.8. The maximum absolute atomic E-state index is 13.8. The van der Waals surface area contributed by atoms with Crippen molar-refractivity contribution in [2.45, 2.75) is 6.92 Å². The maximum atomic E-state index is 13.8. The molecule has 8 heteroatoms. The number of amides is 1. The molecule has 5 rings (SSSR count). The predicted molar refractivity (Wildman–Crippen MR) is 131 cm³/mol. The van der Waals surface area contributed by atoms with Gasteiger partial charge in [-0.3, -0.25) is 9.48 Å². The molecule has 0 fully saturated rings. The van der Waals surface area contributed by atoms with E-state index in [0.29, 0.717) is 22.5 Å². The molecule has 2 aromatic carbocycles. The molecule has 33 heavy (non-hydrogen) atoms. The zero-order valence-electron chi connectivity index (χ0n) is 18.0. The Balaban J connectivity index is 1.54. The van der Waals surface area contributed by atoms with Gasteiger partial charge in [0.05, 0.1) is 17.4 Å². The summed E-state index contributed by atoms with van der Waals surface area (Å²) in [6.07, 6.45) is 5.36. The number of carbonyl (C=O) groups is 1. The number of para-hydroxylation sites is 1. The Hall–Kier alpha value is -4.04. The SMILES string of the molecule is Cc1ccccc1Nc1ncc(-c2cnn(C)c2)cc1NC(=O)c1csc2ccc(F)cc12. The number of fused-ring (bicyclic) bond motifs is 1. The highest BCUT2D eigenvalue weighted by atomic mass is 32.1. The van der Waals surface area contributed by atoms with Crippen LogP contribution in [0.3, 0.4) is 0 Å². The molecule has 164 valence electrons. The molecule has 0 aliphatic carbocycles. The summed E-state index contributed by atoms with van der Waals surface area (Å²) in [6, 6.07) is 14.2. The van der Waals surface area contributed by atoms with Crippen LogP contribution in [-0.4, -0.2) is 20.7 Å². The van der Waals surface area contributed by atoms with E-state index in [1.54, 1.807) is 28.5 Å². The van der Waals surface area contributed by atoms with Crippen molar-refractivity contribution in [2.24, 2.45) is 7.05 Å². The van der Waals surface area contributed by atoms with Crippen molar-refractivity contribution in [3.8, 4) is 11.1 Å². The number of aromatic nitrogens is 3. The lowest BCUT2D eigenvalue weighted by Crippen LogP contribution is -2.13. The van der Waals surface area contributed by atoms with E-state index in [1.807, 2.05) is 50.5 Å². The first-order chi connectivity index (χ1) is 16.0. The van der Waals surface area contributed by atoms with Gasteiger partial charge in [-0.05, 0) is 42.8 Å². The molecular formula is C25H20FN5OS. The monoisotopic (exact) mass is 457 g/mol. The van der Waals surface area contributed by atoms with Crippen molar-refractivity contribution in [3.63, 3.8) is 0 Å². The molecule has 0 spiro atoms. The molecule has 6 nitrogen and oxygen atoms in total. The van der Waals surface area contributed by atoms with E-state index in [2.05, 4.69) is 20.7 Å². The van der Waals surface area contributed by atoms with Crippen LogP contribution in [0.4, 0.5) is 21.6 Å². The predicted octanol–water partition coefficient (Wildman–Crippen LogP) is 6.14. The molecule has 0 bridgehead atoms. The number of rotatable bonds is 5. The van der Waals surface area contributed by atoms with E-state index in [-0.39, 0.29) is 11.7 Å². The Bertz CT molecular complexity index is 1490. The third kappa shape index (κ3) is 4.20. The molecule has 0 saturated heterocycles. The standard InChI is InChI=1S/C25H20FN5OS/c1-15-5-3-4-6-21(15)29-24-22(9-16(11-27-24)17-12-28-31(2)13-17)30-25(32)20-14-33-23-8-7-18(26)10-19(20)23/h3-14H,1-2H3,(H,27,29)(H,30,32). The first kappa shape index (κ1) is 20.8. The van der Waals surface area contributed by atoms with E-state index in [4.69, 9.17) is 0 Å². The van der Waals surface area contributed by atoms with Gasteiger partial charge < -0.3 is 10.6 Å². The van der Waals surface area contributed by atoms with Crippen molar-refractivity contribution in [2.75, 3.05) is 10.6 Å². The minimum absolute atomic E-state index is 0.329. The van der Waals surface area contributed by atoms with Gasteiger partial charge in [-0.1, -0.05) is 18.2 Å². The third-order valence-electron chi connectivity index (χ3n) is 5.35. The number of carbonyl (C=O) groups excluding carboxylic acids is 1. The molecule has 0 unspecified atom stereocenters. The van der Waals surface area contributed by atoms with Gasteiger partial charge >= 0.3 is 0 Å². The van der Waals surface area contributed by atoms with Crippen LogP contribution in [0.2, 0.25) is 0 Å². The summed E-state index contributed by atoms with van der Waals surface area (Å²) in [5.41, 5.74) is 4.56. The van der Waals surface area contributed by atoms with Gasteiger partial charge in [-0.2, -0.15) is 5.10 Å². The van der Waals surface area contributed by atoms with Crippen LogP contribution in [-0.2, 0) is 7.05 Å². The third-order valence-corrected chi connectivity index (χ3v) is 6.32. The Morgan fingerprint density at radius 3 is 2.70 bits per heavy atom. The maximum Gasteiger partial charge on any atom is 0.257 e. The zero-order chi connectivity index (χ0) is 22.9. The number of benzene rings is 2. The molecule has 0 aliphatic rings. The Kier molecular flexibility index (Phi) is 5.35. The Labute approximate surface area is 193 Å². The van der Waals surface area contributed by atoms with Crippen LogP contribution in [0, 0.1) is 12.7 Å². The van der Waals surface area contributed by atoms with Crippen molar-refractivity contribution in [1.82, 2.24) is 14.8 Å². The summed E-state index contributed by atoms with van der Waals surface area (Å²) < 4.78 is 16.4. The van der Waals surface area contributed by atoms with Crippen LogP contribution in [0.5, 0.6) is 0 Å². The number of nitrogens with zero attached hydrogens (tertiary/aromatic N) is 3. The van der Waals surface area contributed by atoms with Crippen molar-refractivity contribution in [3.05, 3.63) is 89.4 Å². The Morgan fingerprint density at radius 2 is 1.91 bits per heavy atom.